The first-order valence-corrected chi connectivity index (χ1v) is 8.63. The SMILES string of the molecule is Cc1ccc(S(=O)(=O)NC2C3CNCC32)c2cccnc12. The van der Waals surface area contributed by atoms with Gasteiger partial charge in [0.1, 0.15) is 0 Å². The zero-order valence-electron chi connectivity index (χ0n) is 11.7. The Kier molecular flexibility index (Phi) is 2.82. The summed E-state index contributed by atoms with van der Waals surface area (Å²) in [6, 6.07) is 7.18. The maximum absolute atomic E-state index is 12.7. The minimum atomic E-state index is -3.50. The van der Waals surface area contributed by atoms with Crippen LogP contribution in [0.2, 0.25) is 0 Å². The van der Waals surface area contributed by atoms with Gasteiger partial charge in [-0.25, -0.2) is 13.1 Å². The second-order valence-electron chi connectivity index (χ2n) is 5.91. The smallest absolute Gasteiger partial charge is 0.241 e. The minimum Gasteiger partial charge on any atom is -0.316 e. The third-order valence-electron chi connectivity index (χ3n) is 4.60. The van der Waals surface area contributed by atoms with Crippen molar-refractivity contribution in [2.45, 2.75) is 17.9 Å². The van der Waals surface area contributed by atoms with Gasteiger partial charge in [-0.1, -0.05) is 6.07 Å². The lowest BCUT2D eigenvalue weighted by Gasteiger charge is -2.12. The summed E-state index contributed by atoms with van der Waals surface area (Å²) in [4.78, 5) is 4.63. The molecule has 2 atom stereocenters. The Morgan fingerprint density at radius 2 is 2.00 bits per heavy atom. The molecule has 2 unspecified atom stereocenters. The van der Waals surface area contributed by atoms with Gasteiger partial charge >= 0.3 is 0 Å². The molecule has 0 amide bonds. The molecule has 21 heavy (non-hydrogen) atoms. The quantitative estimate of drug-likeness (QED) is 0.889. The van der Waals surface area contributed by atoms with Crippen LogP contribution in [0.5, 0.6) is 0 Å². The zero-order chi connectivity index (χ0) is 14.6. The van der Waals surface area contributed by atoms with Crippen molar-refractivity contribution in [2.24, 2.45) is 11.8 Å². The molecule has 0 spiro atoms. The standard InChI is InChI=1S/C15H17N3O2S/c1-9-4-5-13(10-3-2-6-17-14(9)10)21(19,20)18-15-11-7-16-8-12(11)15/h2-6,11-12,15-16,18H,7-8H2,1H3. The van der Waals surface area contributed by atoms with E-state index in [1.807, 2.05) is 19.1 Å². The van der Waals surface area contributed by atoms with Crippen molar-refractivity contribution in [3.8, 4) is 0 Å². The van der Waals surface area contributed by atoms with Crippen LogP contribution in [-0.2, 0) is 10.0 Å². The molecule has 5 nitrogen and oxygen atoms in total. The molecule has 1 saturated carbocycles. The summed E-state index contributed by atoms with van der Waals surface area (Å²) in [5, 5.41) is 3.96. The molecule has 2 N–H and O–H groups in total. The lowest BCUT2D eigenvalue weighted by atomic mass is 10.1. The summed E-state index contributed by atoms with van der Waals surface area (Å²) in [5.74, 6) is 0.907. The van der Waals surface area contributed by atoms with Gasteiger partial charge in [0.05, 0.1) is 10.4 Å². The van der Waals surface area contributed by atoms with Gasteiger partial charge in [-0.15, -0.1) is 0 Å². The summed E-state index contributed by atoms with van der Waals surface area (Å²) >= 11 is 0. The van der Waals surface area contributed by atoms with Crippen LogP contribution in [0.3, 0.4) is 0 Å². The maximum atomic E-state index is 12.7. The average Bonchev–Trinajstić information content (AvgIpc) is 2.89. The molecule has 0 bridgehead atoms. The molecule has 1 aromatic heterocycles. The van der Waals surface area contributed by atoms with Gasteiger partial charge in [-0.05, 0) is 55.6 Å². The fourth-order valence-electron chi connectivity index (χ4n) is 3.36. The Hall–Kier alpha value is -1.50. The van der Waals surface area contributed by atoms with Crippen molar-refractivity contribution < 1.29 is 8.42 Å². The molecule has 1 aliphatic carbocycles. The van der Waals surface area contributed by atoms with E-state index in [9.17, 15) is 8.42 Å². The molecule has 4 rings (SSSR count). The van der Waals surface area contributed by atoms with E-state index in [4.69, 9.17) is 0 Å². The number of piperidine rings is 1. The summed E-state index contributed by atoms with van der Waals surface area (Å²) in [6.45, 7) is 3.76. The van der Waals surface area contributed by atoms with Gasteiger partial charge in [0, 0.05) is 17.6 Å². The molecule has 1 aromatic carbocycles. The Morgan fingerprint density at radius 1 is 1.24 bits per heavy atom. The summed E-state index contributed by atoms with van der Waals surface area (Å²) in [5.41, 5.74) is 1.73. The lowest BCUT2D eigenvalue weighted by molar-refractivity contribution is 0.566. The Morgan fingerprint density at radius 3 is 2.76 bits per heavy atom. The van der Waals surface area contributed by atoms with Crippen molar-refractivity contribution in [1.29, 1.82) is 0 Å². The first kappa shape index (κ1) is 13.2. The lowest BCUT2D eigenvalue weighted by Crippen LogP contribution is -2.32. The zero-order valence-corrected chi connectivity index (χ0v) is 12.5. The van der Waals surface area contributed by atoms with Gasteiger partial charge < -0.3 is 5.32 Å². The third-order valence-corrected chi connectivity index (χ3v) is 6.12. The molecule has 0 radical (unpaired) electrons. The highest BCUT2D eigenvalue weighted by molar-refractivity contribution is 7.89. The number of nitrogens with one attached hydrogen (secondary N) is 2. The van der Waals surface area contributed by atoms with Crippen LogP contribution in [-0.4, -0.2) is 32.5 Å². The molecule has 2 fully saturated rings. The van der Waals surface area contributed by atoms with Crippen LogP contribution >= 0.6 is 0 Å². The number of rotatable bonds is 3. The largest absolute Gasteiger partial charge is 0.316 e. The maximum Gasteiger partial charge on any atom is 0.241 e. The highest BCUT2D eigenvalue weighted by Gasteiger charge is 2.54. The summed E-state index contributed by atoms with van der Waals surface area (Å²) < 4.78 is 28.2. The fraction of sp³-hybridized carbons (Fsp3) is 0.400. The molecular weight excluding hydrogens is 286 g/mol. The second-order valence-corrected chi connectivity index (χ2v) is 7.60. The first-order valence-electron chi connectivity index (χ1n) is 7.15. The number of benzene rings is 1. The van der Waals surface area contributed by atoms with Crippen molar-refractivity contribution in [2.75, 3.05) is 13.1 Å². The Balaban J connectivity index is 1.74. The Labute approximate surface area is 123 Å². The predicted octanol–water partition coefficient (Wildman–Crippen LogP) is 1.04. The fourth-order valence-corrected chi connectivity index (χ4v) is 4.89. The minimum absolute atomic E-state index is 0.0873. The van der Waals surface area contributed by atoms with Crippen LogP contribution in [0, 0.1) is 18.8 Å². The molecule has 2 aliphatic rings. The van der Waals surface area contributed by atoms with Gasteiger partial charge in [0.2, 0.25) is 10.0 Å². The van der Waals surface area contributed by atoms with Crippen LogP contribution in [0.4, 0.5) is 0 Å². The monoisotopic (exact) mass is 303 g/mol. The normalized spacial score (nSPS) is 27.8. The summed E-state index contributed by atoms with van der Waals surface area (Å²) in [6.07, 6.45) is 1.69. The van der Waals surface area contributed by atoms with E-state index in [2.05, 4.69) is 15.0 Å². The third kappa shape index (κ3) is 2.06. The van der Waals surface area contributed by atoms with Gasteiger partial charge in [-0.3, -0.25) is 4.98 Å². The number of pyridine rings is 1. The number of sulfonamides is 1. The van der Waals surface area contributed by atoms with E-state index in [-0.39, 0.29) is 6.04 Å². The van der Waals surface area contributed by atoms with Crippen LogP contribution < -0.4 is 10.0 Å². The van der Waals surface area contributed by atoms with Gasteiger partial charge in [-0.2, -0.15) is 0 Å². The molecule has 1 aliphatic heterocycles. The van der Waals surface area contributed by atoms with E-state index >= 15 is 0 Å². The predicted molar refractivity (Wildman–Crippen MR) is 80.4 cm³/mol. The highest BCUT2D eigenvalue weighted by atomic mass is 32.2. The van der Waals surface area contributed by atoms with Crippen LogP contribution in [0.25, 0.3) is 10.9 Å². The Bertz CT molecular complexity index is 809. The van der Waals surface area contributed by atoms with Crippen LogP contribution in [0.15, 0.2) is 35.4 Å². The van der Waals surface area contributed by atoms with Crippen LogP contribution in [0.1, 0.15) is 5.56 Å². The van der Waals surface area contributed by atoms with Crippen molar-refractivity contribution in [3.63, 3.8) is 0 Å². The van der Waals surface area contributed by atoms with Crippen molar-refractivity contribution in [1.82, 2.24) is 15.0 Å². The number of aryl methyl sites for hydroxylation is 1. The number of hydrogen-bond donors (Lipinski definition) is 2. The van der Waals surface area contributed by atoms with E-state index in [0.29, 0.717) is 22.1 Å². The number of fused-ring (bicyclic) bond motifs is 2. The topological polar surface area (TPSA) is 71.1 Å². The number of aromatic nitrogens is 1. The molecular formula is C15H17N3O2S. The molecule has 6 heteroatoms. The van der Waals surface area contributed by atoms with Gasteiger partial charge in [0.15, 0.2) is 0 Å². The van der Waals surface area contributed by atoms with E-state index in [1.165, 1.54) is 0 Å². The molecule has 2 aromatic rings. The number of hydrogen-bond acceptors (Lipinski definition) is 4. The number of nitrogens with zero attached hydrogens (tertiary/aromatic N) is 1. The molecule has 1 saturated heterocycles. The molecule has 2 heterocycles. The highest BCUT2D eigenvalue weighted by Crippen LogP contribution is 2.42. The van der Waals surface area contributed by atoms with E-state index in [0.717, 1.165) is 24.2 Å². The van der Waals surface area contributed by atoms with Crippen molar-refractivity contribution in [3.05, 3.63) is 36.0 Å². The summed E-state index contributed by atoms with van der Waals surface area (Å²) in [7, 11) is -3.50. The van der Waals surface area contributed by atoms with E-state index in [1.54, 1.807) is 18.3 Å². The van der Waals surface area contributed by atoms with Crippen molar-refractivity contribution >= 4 is 20.9 Å². The average molecular weight is 303 g/mol. The second kappa shape index (κ2) is 4.50. The van der Waals surface area contributed by atoms with Gasteiger partial charge in [0.25, 0.3) is 0 Å². The van der Waals surface area contributed by atoms with E-state index < -0.39 is 10.0 Å². The first-order chi connectivity index (χ1) is 10.1. The molecule has 110 valence electrons.